The van der Waals surface area contributed by atoms with Gasteiger partial charge >= 0.3 is 0 Å². The number of H-pyrrole nitrogens is 1. The molecular formula is C14H22Cl2N4O2. The highest BCUT2D eigenvalue weighted by Gasteiger charge is 2.12. The van der Waals surface area contributed by atoms with Crippen LogP contribution >= 0.6 is 24.8 Å². The first kappa shape index (κ1) is 20.7. The summed E-state index contributed by atoms with van der Waals surface area (Å²) in [6.45, 7) is 3.42. The maximum absolute atomic E-state index is 11.7. The van der Waals surface area contributed by atoms with Crippen LogP contribution in [0.5, 0.6) is 0 Å². The number of rotatable bonds is 7. The van der Waals surface area contributed by atoms with Crippen LogP contribution in [-0.2, 0) is 9.53 Å². The van der Waals surface area contributed by atoms with Crippen LogP contribution in [-0.4, -0.2) is 42.7 Å². The third-order valence-corrected chi connectivity index (χ3v) is 2.96. The predicted octanol–water partition coefficient (Wildman–Crippen LogP) is 1.82. The molecule has 2 aromatic rings. The lowest BCUT2D eigenvalue weighted by Crippen LogP contribution is -2.36. The molecule has 2 rings (SSSR count). The number of fused-ring (bicyclic) bond motifs is 1. The van der Waals surface area contributed by atoms with Crippen LogP contribution in [0.15, 0.2) is 24.3 Å². The third kappa shape index (κ3) is 5.81. The van der Waals surface area contributed by atoms with E-state index in [2.05, 4.69) is 20.6 Å². The number of ether oxygens (including phenoxy) is 1. The highest BCUT2D eigenvalue weighted by molar-refractivity contribution is 5.85. The number of benzene rings is 1. The number of nitrogens with zero attached hydrogens (tertiary/aromatic N) is 1. The molecule has 3 N–H and O–H groups in total. The second kappa shape index (κ2) is 10.4. The molecule has 0 aliphatic heterocycles. The molecule has 1 unspecified atom stereocenters. The Kier molecular flexibility index (Phi) is 9.76. The maximum atomic E-state index is 11.7. The molecular weight excluding hydrogens is 327 g/mol. The Hall–Kier alpha value is -1.34. The predicted molar refractivity (Wildman–Crippen MR) is 91.9 cm³/mol. The van der Waals surface area contributed by atoms with Crippen molar-refractivity contribution in [3.63, 3.8) is 0 Å². The van der Waals surface area contributed by atoms with E-state index < -0.39 is 0 Å². The normalized spacial score (nSPS) is 11.4. The van der Waals surface area contributed by atoms with Crippen molar-refractivity contribution in [3.05, 3.63) is 30.1 Å². The van der Waals surface area contributed by atoms with E-state index in [1.165, 1.54) is 0 Å². The van der Waals surface area contributed by atoms with Gasteiger partial charge in [-0.1, -0.05) is 12.1 Å². The van der Waals surface area contributed by atoms with Crippen molar-refractivity contribution in [2.24, 2.45) is 0 Å². The van der Waals surface area contributed by atoms with Crippen LogP contribution in [0.25, 0.3) is 11.0 Å². The van der Waals surface area contributed by atoms with Gasteiger partial charge in [-0.05, 0) is 19.1 Å². The summed E-state index contributed by atoms with van der Waals surface area (Å²) in [6, 6.07) is 7.64. The summed E-state index contributed by atoms with van der Waals surface area (Å²) in [5.41, 5.74) is 1.88. The van der Waals surface area contributed by atoms with Crippen molar-refractivity contribution in [1.82, 2.24) is 20.6 Å². The quantitative estimate of drug-likeness (QED) is 0.667. The summed E-state index contributed by atoms with van der Waals surface area (Å²) in [6.07, 6.45) is 0. The van der Waals surface area contributed by atoms with Crippen molar-refractivity contribution in [2.75, 3.05) is 26.8 Å². The summed E-state index contributed by atoms with van der Waals surface area (Å²) < 4.78 is 4.90. The van der Waals surface area contributed by atoms with Crippen LogP contribution in [0.4, 0.5) is 0 Å². The standard InChI is InChI=1S/C14H20N4O2.2ClH/c1-10(16-13(19)9-15-7-8-20-2)14-17-11-5-3-4-6-12(11)18-14;;/h3-6,10,15H,7-9H2,1-2H3,(H,16,19)(H,17,18);2*1H. The molecule has 1 amide bonds. The Bertz CT molecular complexity index is 544. The second-order valence-corrected chi connectivity index (χ2v) is 4.60. The second-order valence-electron chi connectivity index (χ2n) is 4.60. The minimum absolute atomic E-state index is 0. The van der Waals surface area contributed by atoms with Gasteiger partial charge in [0.25, 0.3) is 0 Å². The first-order chi connectivity index (χ1) is 9.70. The zero-order valence-corrected chi connectivity index (χ0v) is 14.2. The molecule has 0 radical (unpaired) electrons. The van der Waals surface area contributed by atoms with Crippen molar-refractivity contribution in [1.29, 1.82) is 0 Å². The number of para-hydroxylation sites is 2. The number of aromatic nitrogens is 2. The highest BCUT2D eigenvalue weighted by Crippen LogP contribution is 2.15. The van der Waals surface area contributed by atoms with Crippen LogP contribution in [0, 0.1) is 0 Å². The van der Waals surface area contributed by atoms with Gasteiger partial charge in [0.05, 0.1) is 30.2 Å². The largest absolute Gasteiger partial charge is 0.383 e. The van der Waals surface area contributed by atoms with Crippen molar-refractivity contribution in [2.45, 2.75) is 13.0 Å². The van der Waals surface area contributed by atoms with E-state index in [0.717, 1.165) is 16.9 Å². The molecule has 22 heavy (non-hydrogen) atoms. The smallest absolute Gasteiger partial charge is 0.234 e. The van der Waals surface area contributed by atoms with Gasteiger partial charge < -0.3 is 20.4 Å². The molecule has 0 fully saturated rings. The Balaban J connectivity index is 0.00000220. The molecule has 0 aliphatic rings. The fourth-order valence-corrected chi connectivity index (χ4v) is 1.91. The van der Waals surface area contributed by atoms with E-state index >= 15 is 0 Å². The molecule has 0 saturated carbocycles. The lowest BCUT2D eigenvalue weighted by atomic mass is 10.3. The first-order valence-electron chi connectivity index (χ1n) is 6.64. The van der Waals surface area contributed by atoms with E-state index in [1.54, 1.807) is 7.11 Å². The Morgan fingerprint density at radius 1 is 1.36 bits per heavy atom. The molecule has 6 nitrogen and oxygen atoms in total. The minimum atomic E-state index is -0.154. The molecule has 124 valence electrons. The van der Waals surface area contributed by atoms with Gasteiger partial charge in [0.1, 0.15) is 5.82 Å². The molecule has 0 bridgehead atoms. The van der Waals surface area contributed by atoms with Gasteiger partial charge in [-0.2, -0.15) is 0 Å². The van der Waals surface area contributed by atoms with Gasteiger partial charge in [-0.15, -0.1) is 24.8 Å². The molecule has 0 aliphatic carbocycles. The number of carbonyl (C=O) groups is 1. The fraction of sp³-hybridized carbons (Fsp3) is 0.429. The van der Waals surface area contributed by atoms with Crippen LogP contribution in [0.2, 0.25) is 0 Å². The van der Waals surface area contributed by atoms with E-state index in [9.17, 15) is 4.79 Å². The van der Waals surface area contributed by atoms with Crippen molar-refractivity contribution < 1.29 is 9.53 Å². The zero-order chi connectivity index (χ0) is 14.4. The minimum Gasteiger partial charge on any atom is -0.383 e. The fourth-order valence-electron chi connectivity index (χ4n) is 1.91. The van der Waals surface area contributed by atoms with Gasteiger partial charge in [-0.25, -0.2) is 4.98 Å². The SMILES string of the molecule is COCCNCC(=O)NC(C)c1nc2ccccc2[nH]1.Cl.Cl. The topological polar surface area (TPSA) is 79.0 Å². The summed E-state index contributed by atoms with van der Waals surface area (Å²) in [5.74, 6) is 0.700. The van der Waals surface area contributed by atoms with Gasteiger partial charge in [0.15, 0.2) is 0 Å². The van der Waals surface area contributed by atoms with Crippen LogP contribution < -0.4 is 10.6 Å². The number of imidazole rings is 1. The average molecular weight is 349 g/mol. The number of amides is 1. The molecule has 1 atom stereocenters. The third-order valence-electron chi connectivity index (χ3n) is 2.96. The number of hydrogen-bond donors (Lipinski definition) is 3. The number of aromatic amines is 1. The Morgan fingerprint density at radius 3 is 2.77 bits per heavy atom. The molecule has 0 saturated heterocycles. The summed E-state index contributed by atoms with van der Waals surface area (Å²) >= 11 is 0. The van der Waals surface area contributed by atoms with Gasteiger partial charge in [0, 0.05) is 13.7 Å². The van der Waals surface area contributed by atoms with E-state index in [1.807, 2.05) is 31.2 Å². The average Bonchev–Trinajstić information content (AvgIpc) is 2.87. The maximum Gasteiger partial charge on any atom is 0.234 e. The summed E-state index contributed by atoms with van der Waals surface area (Å²) in [4.78, 5) is 19.4. The number of nitrogens with one attached hydrogen (secondary N) is 3. The van der Waals surface area contributed by atoms with E-state index in [-0.39, 0.29) is 43.3 Å². The Labute approximate surface area is 142 Å². The Morgan fingerprint density at radius 2 is 2.09 bits per heavy atom. The van der Waals surface area contributed by atoms with Crippen LogP contribution in [0.3, 0.4) is 0 Å². The molecule has 0 spiro atoms. The molecule has 1 aromatic heterocycles. The molecule has 1 aromatic carbocycles. The molecule has 1 heterocycles. The lowest BCUT2D eigenvalue weighted by Gasteiger charge is -2.11. The van der Waals surface area contributed by atoms with E-state index in [0.29, 0.717) is 13.2 Å². The monoisotopic (exact) mass is 348 g/mol. The summed E-state index contributed by atoms with van der Waals surface area (Å²) in [5, 5.41) is 5.90. The molecule has 8 heteroatoms. The number of halogens is 2. The van der Waals surface area contributed by atoms with Crippen molar-refractivity contribution >= 4 is 41.8 Å². The van der Waals surface area contributed by atoms with Crippen molar-refractivity contribution in [3.8, 4) is 0 Å². The highest BCUT2D eigenvalue weighted by atomic mass is 35.5. The number of carbonyl (C=O) groups excluding carboxylic acids is 1. The first-order valence-corrected chi connectivity index (χ1v) is 6.64. The zero-order valence-electron chi connectivity index (χ0n) is 12.6. The van der Waals surface area contributed by atoms with Gasteiger partial charge in [0.2, 0.25) is 5.91 Å². The number of methoxy groups -OCH3 is 1. The van der Waals surface area contributed by atoms with E-state index in [4.69, 9.17) is 4.74 Å². The lowest BCUT2D eigenvalue weighted by molar-refractivity contribution is -0.120. The van der Waals surface area contributed by atoms with Crippen LogP contribution in [0.1, 0.15) is 18.8 Å². The summed E-state index contributed by atoms with van der Waals surface area (Å²) in [7, 11) is 1.63. The number of hydrogen-bond acceptors (Lipinski definition) is 4. The van der Waals surface area contributed by atoms with Gasteiger partial charge in [-0.3, -0.25) is 4.79 Å².